The van der Waals surface area contributed by atoms with Crippen molar-refractivity contribution in [3.05, 3.63) is 71.3 Å². The van der Waals surface area contributed by atoms with Crippen molar-refractivity contribution in [3.63, 3.8) is 0 Å². The fourth-order valence-electron chi connectivity index (χ4n) is 3.13. The summed E-state index contributed by atoms with van der Waals surface area (Å²) in [7, 11) is 0. The predicted octanol–water partition coefficient (Wildman–Crippen LogP) is 2.91. The molecule has 1 aliphatic heterocycles. The Morgan fingerprint density at radius 2 is 1.48 bits per heavy atom. The molecule has 0 N–H and O–H groups in total. The van der Waals surface area contributed by atoms with Gasteiger partial charge in [-0.25, -0.2) is 0 Å². The van der Waals surface area contributed by atoms with Crippen LogP contribution in [0.4, 0.5) is 0 Å². The van der Waals surface area contributed by atoms with Crippen molar-refractivity contribution in [1.82, 2.24) is 9.80 Å². The second-order valence-electron chi connectivity index (χ2n) is 6.55. The number of carbonyl (C=O) groups excluding carboxylic acids is 2. The summed E-state index contributed by atoms with van der Waals surface area (Å²) in [5.74, 6) is 0.188. The number of nitrogens with zero attached hydrogens (tertiary/aromatic N) is 2. The van der Waals surface area contributed by atoms with Gasteiger partial charge in [0.2, 0.25) is 5.91 Å². The standard InChI is InChI=1S/C21H24N2O2/c1-17-8-10-19(11-9-17)21(25)23-13-5-12-22(14-15-23)20(24)16-18-6-3-2-4-7-18/h2-4,6-11H,5,12-16H2,1H3. The second kappa shape index (κ2) is 7.97. The number of carbonyl (C=O) groups is 2. The summed E-state index contributed by atoms with van der Waals surface area (Å²) in [5, 5.41) is 0. The van der Waals surface area contributed by atoms with Crippen molar-refractivity contribution >= 4 is 11.8 Å². The SMILES string of the molecule is Cc1ccc(C(=O)N2CCCN(C(=O)Cc3ccccc3)CC2)cc1. The lowest BCUT2D eigenvalue weighted by molar-refractivity contribution is -0.130. The summed E-state index contributed by atoms with van der Waals surface area (Å²) in [6.45, 7) is 4.61. The van der Waals surface area contributed by atoms with Gasteiger partial charge in [0.15, 0.2) is 0 Å². The van der Waals surface area contributed by atoms with Crippen LogP contribution in [-0.2, 0) is 11.2 Å². The minimum absolute atomic E-state index is 0.0531. The number of amides is 2. The number of rotatable bonds is 3. The van der Waals surface area contributed by atoms with Gasteiger partial charge in [-0.2, -0.15) is 0 Å². The van der Waals surface area contributed by atoms with Crippen molar-refractivity contribution in [2.24, 2.45) is 0 Å². The van der Waals surface area contributed by atoms with Crippen LogP contribution in [0.2, 0.25) is 0 Å². The largest absolute Gasteiger partial charge is 0.341 e. The molecule has 130 valence electrons. The van der Waals surface area contributed by atoms with Gasteiger partial charge in [0.05, 0.1) is 6.42 Å². The average molecular weight is 336 g/mol. The number of hydrogen-bond acceptors (Lipinski definition) is 2. The Bertz CT molecular complexity index is 725. The van der Waals surface area contributed by atoms with Gasteiger partial charge in [0.1, 0.15) is 0 Å². The molecule has 0 aromatic heterocycles. The molecule has 1 fully saturated rings. The first kappa shape index (κ1) is 17.2. The van der Waals surface area contributed by atoms with Gasteiger partial charge in [0, 0.05) is 31.7 Å². The first-order valence-corrected chi connectivity index (χ1v) is 8.81. The molecule has 2 aromatic carbocycles. The van der Waals surface area contributed by atoms with Crippen LogP contribution in [0.15, 0.2) is 54.6 Å². The molecule has 0 saturated carbocycles. The van der Waals surface area contributed by atoms with Gasteiger partial charge in [-0.05, 0) is 31.0 Å². The van der Waals surface area contributed by atoms with Crippen molar-refractivity contribution in [2.45, 2.75) is 19.8 Å². The molecule has 0 bridgehead atoms. The lowest BCUT2D eigenvalue weighted by atomic mass is 10.1. The normalized spacial score (nSPS) is 14.9. The van der Waals surface area contributed by atoms with Gasteiger partial charge < -0.3 is 9.80 Å². The smallest absolute Gasteiger partial charge is 0.253 e. The van der Waals surface area contributed by atoms with Crippen LogP contribution in [0.25, 0.3) is 0 Å². The fraction of sp³-hybridized carbons (Fsp3) is 0.333. The van der Waals surface area contributed by atoms with E-state index in [2.05, 4.69) is 0 Å². The zero-order valence-corrected chi connectivity index (χ0v) is 14.6. The van der Waals surface area contributed by atoms with Gasteiger partial charge in [-0.1, -0.05) is 48.0 Å². The van der Waals surface area contributed by atoms with Crippen LogP contribution >= 0.6 is 0 Å². The minimum atomic E-state index is 0.0531. The third-order valence-corrected chi connectivity index (χ3v) is 4.63. The topological polar surface area (TPSA) is 40.6 Å². The average Bonchev–Trinajstić information content (AvgIpc) is 2.89. The summed E-state index contributed by atoms with van der Waals surface area (Å²) < 4.78 is 0. The number of hydrogen-bond donors (Lipinski definition) is 0. The first-order chi connectivity index (χ1) is 12.1. The van der Waals surface area contributed by atoms with E-state index >= 15 is 0 Å². The van der Waals surface area contributed by atoms with Crippen molar-refractivity contribution < 1.29 is 9.59 Å². The van der Waals surface area contributed by atoms with E-state index in [1.54, 1.807) is 0 Å². The molecule has 0 aliphatic carbocycles. The van der Waals surface area contributed by atoms with Gasteiger partial charge in [-0.15, -0.1) is 0 Å². The van der Waals surface area contributed by atoms with Crippen LogP contribution in [0.1, 0.15) is 27.9 Å². The first-order valence-electron chi connectivity index (χ1n) is 8.81. The highest BCUT2D eigenvalue weighted by Crippen LogP contribution is 2.12. The molecule has 3 rings (SSSR count). The highest BCUT2D eigenvalue weighted by atomic mass is 16.2. The van der Waals surface area contributed by atoms with Crippen molar-refractivity contribution in [3.8, 4) is 0 Å². The molecule has 0 spiro atoms. The zero-order chi connectivity index (χ0) is 17.6. The van der Waals surface area contributed by atoms with Gasteiger partial charge >= 0.3 is 0 Å². The Hall–Kier alpha value is -2.62. The molecule has 0 radical (unpaired) electrons. The third kappa shape index (κ3) is 4.47. The Kier molecular flexibility index (Phi) is 5.49. The zero-order valence-electron chi connectivity index (χ0n) is 14.6. The monoisotopic (exact) mass is 336 g/mol. The van der Waals surface area contributed by atoms with Crippen molar-refractivity contribution in [1.29, 1.82) is 0 Å². The Morgan fingerprint density at radius 3 is 2.20 bits per heavy atom. The maximum Gasteiger partial charge on any atom is 0.253 e. The van der Waals surface area contributed by atoms with Crippen molar-refractivity contribution in [2.75, 3.05) is 26.2 Å². The highest BCUT2D eigenvalue weighted by molar-refractivity contribution is 5.94. The molecule has 2 amide bonds. The maximum absolute atomic E-state index is 12.7. The molecule has 1 aliphatic rings. The Balaban J connectivity index is 1.59. The van der Waals surface area contributed by atoms with E-state index in [-0.39, 0.29) is 11.8 Å². The molecular formula is C21H24N2O2. The van der Waals surface area contributed by atoms with E-state index in [4.69, 9.17) is 0 Å². The fourth-order valence-corrected chi connectivity index (χ4v) is 3.13. The summed E-state index contributed by atoms with van der Waals surface area (Å²) in [6.07, 6.45) is 1.24. The van der Waals surface area contributed by atoms with E-state index in [1.807, 2.05) is 71.3 Å². The van der Waals surface area contributed by atoms with E-state index < -0.39 is 0 Å². The van der Waals surface area contributed by atoms with Crippen LogP contribution in [0.3, 0.4) is 0 Å². The third-order valence-electron chi connectivity index (χ3n) is 4.63. The molecule has 25 heavy (non-hydrogen) atoms. The van der Waals surface area contributed by atoms with E-state index in [9.17, 15) is 9.59 Å². The van der Waals surface area contributed by atoms with E-state index in [0.717, 1.165) is 23.1 Å². The summed E-state index contributed by atoms with van der Waals surface area (Å²) in [6, 6.07) is 17.5. The summed E-state index contributed by atoms with van der Waals surface area (Å²) in [5.41, 5.74) is 2.89. The Morgan fingerprint density at radius 1 is 0.840 bits per heavy atom. The van der Waals surface area contributed by atoms with E-state index in [1.165, 1.54) is 0 Å². The highest BCUT2D eigenvalue weighted by Gasteiger charge is 2.22. The molecular weight excluding hydrogens is 312 g/mol. The number of aryl methyl sites for hydroxylation is 1. The lowest BCUT2D eigenvalue weighted by Crippen LogP contribution is -2.38. The van der Waals surface area contributed by atoms with Gasteiger partial charge in [-0.3, -0.25) is 9.59 Å². The summed E-state index contributed by atoms with van der Waals surface area (Å²) >= 11 is 0. The number of benzene rings is 2. The molecule has 2 aromatic rings. The van der Waals surface area contributed by atoms with E-state index in [0.29, 0.717) is 32.6 Å². The Labute approximate surface area is 149 Å². The minimum Gasteiger partial charge on any atom is -0.341 e. The molecule has 4 heteroatoms. The van der Waals surface area contributed by atoms with Crippen LogP contribution in [-0.4, -0.2) is 47.8 Å². The van der Waals surface area contributed by atoms with Crippen LogP contribution < -0.4 is 0 Å². The molecule has 4 nitrogen and oxygen atoms in total. The molecule has 0 unspecified atom stereocenters. The molecule has 0 atom stereocenters. The quantitative estimate of drug-likeness (QED) is 0.865. The molecule has 1 saturated heterocycles. The predicted molar refractivity (Wildman–Crippen MR) is 98.4 cm³/mol. The lowest BCUT2D eigenvalue weighted by Gasteiger charge is -2.22. The second-order valence-corrected chi connectivity index (χ2v) is 6.55. The maximum atomic E-state index is 12.7. The molecule has 1 heterocycles. The summed E-state index contributed by atoms with van der Waals surface area (Å²) in [4.78, 5) is 28.9. The van der Waals surface area contributed by atoms with Crippen LogP contribution in [0, 0.1) is 6.92 Å². The van der Waals surface area contributed by atoms with Gasteiger partial charge in [0.25, 0.3) is 5.91 Å². The van der Waals surface area contributed by atoms with Crippen LogP contribution in [0.5, 0.6) is 0 Å².